The molecule has 30 heavy (non-hydrogen) atoms. The molecule has 3 aromatic carbocycles. The summed E-state index contributed by atoms with van der Waals surface area (Å²) in [5, 5.41) is 2.71. The van der Waals surface area contributed by atoms with Crippen molar-refractivity contribution in [2.75, 3.05) is 10.0 Å². The number of Topliss-reactive ketones (excluding diaryl/α,β-unsaturated/α-hetero) is 1. The van der Waals surface area contributed by atoms with Crippen molar-refractivity contribution in [1.29, 1.82) is 0 Å². The van der Waals surface area contributed by atoms with E-state index >= 15 is 0 Å². The smallest absolute Gasteiger partial charge is 0.262 e. The predicted molar refractivity (Wildman–Crippen MR) is 118 cm³/mol. The molecule has 7 heteroatoms. The van der Waals surface area contributed by atoms with Crippen LogP contribution in [0.15, 0.2) is 71.6 Å². The highest BCUT2D eigenvalue weighted by Gasteiger charge is 2.20. The van der Waals surface area contributed by atoms with E-state index in [4.69, 9.17) is 0 Å². The highest BCUT2D eigenvalue weighted by atomic mass is 32.2. The third kappa shape index (κ3) is 4.75. The lowest BCUT2D eigenvalue weighted by Gasteiger charge is -2.14. The second kappa shape index (κ2) is 8.51. The van der Waals surface area contributed by atoms with Crippen LogP contribution in [0.3, 0.4) is 0 Å². The molecule has 2 N–H and O–H groups in total. The van der Waals surface area contributed by atoms with E-state index in [1.165, 1.54) is 19.1 Å². The Hall–Kier alpha value is -3.45. The van der Waals surface area contributed by atoms with Gasteiger partial charge in [0.05, 0.1) is 16.1 Å². The number of hydrogen-bond acceptors (Lipinski definition) is 4. The molecule has 0 spiro atoms. The molecule has 3 rings (SSSR count). The molecule has 0 saturated carbocycles. The van der Waals surface area contributed by atoms with E-state index in [2.05, 4.69) is 10.0 Å². The molecular formula is C23H22N2O4S. The molecule has 0 aliphatic carbocycles. The van der Waals surface area contributed by atoms with E-state index in [1.54, 1.807) is 55.5 Å². The van der Waals surface area contributed by atoms with Gasteiger partial charge in [0.2, 0.25) is 0 Å². The molecule has 0 bridgehead atoms. The third-order valence-electron chi connectivity index (χ3n) is 4.58. The lowest BCUT2D eigenvalue weighted by Crippen LogP contribution is -2.19. The van der Waals surface area contributed by atoms with Crippen molar-refractivity contribution >= 4 is 33.1 Å². The molecule has 0 aliphatic heterocycles. The Morgan fingerprint density at radius 3 is 2.33 bits per heavy atom. The Balaban J connectivity index is 1.91. The highest BCUT2D eigenvalue weighted by Crippen LogP contribution is 2.24. The number of carbonyl (C=O) groups is 2. The van der Waals surface area contributed by atoms with Gasteiger partial charge in [0, 0.05) is 11.3 Å². The standard InChI is InChI=1S/C23H22N2O4S/c1-15-11-12-16(2)22(13-15)30(28,29)25-21-10-5-4-9-20(21)23(27)24-19-8-6-7-18(14-19)17(3)26/h4-14,25H,1-3H3,(H,24,27). The third-order valence-corrected chi connectivity index (χ3v) is 6.08. The maximum absolute atomic E-state index is 12.9. The number of sulfonamides is 1. The maximum Gasteiger partial charge on any atom is 0.262 e. The van der Waals surface area contributed by atoms with Gasteiger partial charge in [-0.05, 0) is 62.2 Å². The van der Waals surface area contributed by atoms with Crippen LogP contribution in [0.2, 0.25) is 0 Å². The molecule has 154 valence electrons. The Morgan fingerprint density at radius 1 is 0.867 bits per heavy atom. The van der Waals surface area contributed by atoms with E-state index in [-0.39, 0.29) is 21.9 Å². The van der Waals surface area contributed by atoms with Crippen molar-refractivity contribution in [3.05, 3.63) is 89.0 Å². The van der Waals surface area contributed by atoms with Gasteiger partial charge in [0.15, 0.2) is 5.78 Å². The maximum atomic E-state index is 12.9. The van der Waals surface area contributed by atoms with Gasteiger partial charge in [-0.3, -0.25) is 14.3 Å². The van der Waals surface area contributed by atoms with Crippen LogP contribution in [0.1, 0.15) is 38.8 Å². The van der Waals surface area contributed by atoms with Gasteiger partial charge in [0.1, 0.15) is 0 Å². The van der Waals surface area contributed by atoms with Gasteiger partial charge < -0.3 is 5.32 Å². The van der Waals surface area contributed by atoms with Gasteiger partial charge in [-0.2, -0.15) is 0 Å². The largest absolute Gasteiger partial charge is 0.322 e. The average molecular weight is 423 g/mol. The first-order valence-corrected chi connectivity index (χ1v) is 10.8. The quantitative estimate of drug-likeness (QED) is 0.570. The number of amides is 1. The van der Waals surface area contributed by atoms with E-state index in [0.717, 1.165) is 5.56 Å². The number of hydrogen-bond donors (Lipinski definition) is 2. The second-order valence-electron chi connectivity index (χ2n) is 7.01. The Kier molecular flexibility index (Phi) is 6.03. The first-order chi connectivity index (χ1) is 14.2. The molecule has 0 aromatic heterocycles. The van der Waals surface area contributed by atoms with Gasteiger partial charge in [0.25, 0.3) is 15.9 Å². The van der Waals surface area contributed by atoms with Gasteiger partial charge in [-0.15, -0.1) is 0 Å². The fourth-order valence-electron chi connectivity index (χ4n) is 2.98. The lowest BCUT2D eigenvalue weighted by atomic mass is 10.1. The summed E-state index contributed by atoms with van der Waals surface area (Å²) in [5.41, 5.74) is 2.67. The van der Waals surface area contributed by atoms with Gasteiger partial charge >= 0.3 is 0 Å². The number of para-hydroxylation sites is 1. The molecule has 1 amide bonds. The number of rotatable bonds is 6. The molecule has 0 fully saturated rings. The van der Waals surface area contributed by atoms with Crippen molar-refractivity contribution in [1.82, 2.24) is 0 Å². The number of nitrogens with one attached hydrogen (secondary N) is 2. The van der Waals surface area contributed by atoms with Crippen LogP contribution in [-0.2, 0) is 10.0 Å². The molecule has 0 unspecified atom stereocenters. The van der Waals surface area contributed by atoms with Crippen molar-refractivity contribution in [3.8, 4) is 0 Å². The molecule has 0 radical (unpaired) electrons. The zero-order valence-corrected chi connectivity index (χ0v) is 17.7. The summed E-state index contributed by atoms with van der Waals surface area (Å²) in [4.78, 5) is 24.5. The average Bonchev–Trinajstić information content (AvgIpc) is 2.70. The molecule has 0 aliphatic rings. The van der Waals surface area contributed by atoms with Crippen LogP contribution in [-0.4, -0.2) is 20.1 Å². The van der Waals surface area contributed by atoms with Crippen LogP contribution in [0.5, 0.6) is 0 Å². The van der Waals surface area contributed by atoms with E-state index in [0.29, 0.717) is 16.8 Å². The second-order valence-corrected chi connectivity index (χ2v) is 8.66. The highest BCUT2D eigenvalue weighted by molar-refractivity contribution is 7.92. The van der Waals surface area contributed by atoms with Crippen LogP contribution in [0.25, 0.3) is 0 Å². The minimum atomic E-state index is -3.89. The first-order valence-electron chi connectivity index (χ1n) is 9.29. The van der Waals surface area contributed by atoms with Crippen molar-refractivity contribution in [2.45, 2.75) is 25.7 Å². The normalized spacial score (nSPS) is 11.0. The zero-order valence-electron chi connectivity index (χ0n) is 16.9. The van der Waals surface area contributed by atoms with E-state index in [1.807, 2.05) is 13.0 Å². The minimum absolute atomic E-state index is 0.118. The van der Waals surface area contributed by atoms with E-state index < -0.39 is 15.9 Å². The van der Waals surface area contributed by atoms with E-state index in [9.17, 15) is 18.0 Å². The Labute approximate surface area is 176 Å². The summed E-state index contributed by atoms with van der Waals surface area (Å²) in [6.45, 7) is 4.97. The summed E-state index contributed by atoms with van der Waals surface area (Å²) in [6, 6.07) is 18.1. The van der Waals surface area contributed by atoms with Gasteiger partial charge in [-0.25, -0.2) is 8.42 Å². The number of ketones is 1. The summed E-state index contributed by atoms with van der Waals surface area (Å²) >= 11 is 0. The molecule has 0 heterocycles. The zero-order chi connectivity index (χ0) is 21.9. The molecule has 0 atom stereocenters. The van der Waals surface area contributed by atoms with Crippen molar-refractivity contribution < 1.29 is 18.0 Å². The molecular weight excluding hydrogens is 400 g/mol. The summed E-state index contributed by atoms with van der Waals surface area (Å²) in [5.74, 6) is -0.609. The Bertz CT molecular complexity index is 1230. The first kappa shape index (κ1) is 21.3. The van der Waals surface area contributed by atoms with Crippen LogP contribution in [0.4, 0.5) is 11.4 Å². The number of carbonyl (C=O) groups excluding carboxylic acids is 2. The Morgan fingerprint density at radius 2 is 1.60 bits per heavy atom. The number of aryl methyl sites for hydroxylation is 2. The minimum Gasteiger partial charge on any atom is -0.322 e. The van der Waals surface area contributed by atoms with Crippen LogP contribution >= 0.6 is 0 Å². The monoisotopic (exact) mass is 422 g/mol. The van der Waals surface area contributed by atoms with Crippen LogP contribution in [0, 0.1) is 13.8 Å². The molecule has 3 aromatic rings. The molecule has 6 nitrogen and oxygen atoms in total. The lowest BCUT2D eigenvalue weighted by molar-refractivity contribution is 0.101. The topological polar surface area (TPSA) is 92.3 Å². The summed E-state index contributed by atoms with van der Waals surface area (Å²) < 4.78 is 28.4. The van der Waals surface area contributed by atoms with Crippen LogP contribution < -0.4 is 10.0 Å². The fraction of sp³-hybridized carbons (Fsp3) is 0.130. The summed E-state index contributed by atoms with van der Waals surface area (Å²) in [6.07, 6.45) is 0. The number of benzene rings is 3. The van der Waals surface area contributed by atoms with Crippen molar-refractivity contribution in [2.24, 2.45) is 0 Å². The van der Waals surface area contributed by atoms with Gasteiger partial charge in [-0.1, -0.05) is 36.4 Å². The molecule has 0 saturated heterocycles. The predicted octanol–water partition coefficient (Wildman–Crippen LogP) is 4.56. The SMILES string of the molecule is CC(=O)c1cccc(NC(=O)c2ccccc2NS(=O)(=O)c2cc(C)ccc2C)c1. The summed E-state index contributed by atoms with van der Waals surface area (Å²) in [7, 11) is -3.89. The number of anilines is 2. The fourth-order valence-corrected chi connectivity index (χ4v) is 4.39. The van der Waals surface area contributed by atoms with Crippen molar-refractivity contribution in [3.63, 3.8) is 0 Å².